The predicted molar refractivity (Wildman–Crippen MR) is 86.2 cm³/mol. The molecule has 3 nitrogen and oxygen atoms in total. The van der Waals surface area contributed by atoms with Gasteiger partial charge in [-0.1, -0.05) is 38.4 Å². The number of halogens is 1. The van der Waals surface area contributed by atoms with E-state index in [1.54, 1.807) is 12.1 Å². The highest BCUT2D eigenvalue weighted by Crippen LogP contribution is 2.37. The fourth-order valence-electron chi connectivity index (χ4n) is 1.46. The van der Waals surface area contributed by atoms with Crippen LogP contribution in [-0.4, -0.2) is 14.9 Å². The van der Waals surface area contributed by atoms with Gasteiger partial charge in [0.05, 0.1) is 23.2 Å². The van der Waals surface area contributed by atoms with Gasteiger partial charge >= 0.3 is 0 Å². The average molecular weight is 311 g/mol. The first kappa shape index (κ1) is 17.2. The molecular weight excluding hydrogens is 288 g/mol. The van der Waals surface area contributed by atoms with Gasteiger partial charge in [0, 0.05) is 0 Å². The minimum Gasteiger partial charge on any atom is -0.415 e. The Kier molecular flexibility index (Phi) is 5.39. The molecule has 0 spiro atoms. The van der Waals surface area contributed by atoms with Crippen LogP contribution in [0, 0.1) is 11.3 Å². The van der Waals surface area contributed by atoms with Crippen molar-refractivity contribution in [3.63, 3.8) is 0 Å². The van der Waals surface area contributed by atoms with E-state index in [0.717, 1.165) is 5.56 Å². The smallest absolute Gasteiger partial charge is 0.192 e. The molecule has 1 unspecified atom stereocenters. The van der Waals surface area contributed by atoms with Crippen molar-refractivity contribution in [3.05, 3.63) is 34.3 Å². The number of hydrogen-bond donors (Lipinski definition) is 1. The highest BCUT2D eigenvalue weighted by Gasteiger charge is 2.37. The number of nitrogens with two attached hydrogens (primary N) is 1. The first-order valence-electron chi connectivity index (χ1n) is 6.67. The largest absolute Gasteiger partial charge is 0.415 e. The molecule has 0 heterocycles. The van der Waals surface area contributed by atoms with Crippen LogP contribution in [0.5, 0.6) is 0 Å². The lowest BCUT2D eigenvalue weighted by atomic mass is 10.1. The normalized spacial score (nSPS) is 13.9. The highest BCUT2D eigenvalue weighted by atomic mass is 35.5. The summed E-state index contributed by atoms with van der Waals surface area (Å²) in [5.41, 5.74) is 7.52. The standard InChI is InChI=1S/C15H23ClN2OSi/c1-15(2,3)20(4,5)19-10-14(18)11-6-7-12(9-17)13(16)8-11/h6-8,14H,10,18H2,1-5H3. The quantitative estimate of drug-likeness (QED) is 0.846. The van der Waals surface area contributed by atoms with Gasteiger partial charge in [-0.15, -0.1) is 0 Å². The number of benzene rings is 1. The van der Waals surface area contributed by atoms with Crippen LogP contribution in [0.15, 0.2) is 18.2 Å². The monoisotopic (exact) mass is 310 g/mol. The van der Waals surface area contributed by atoms with Crippen molar-refractivity contribution in [1.82, 2.24) is 0 Å². The van der Waals surface area contributed by atoms with Crippen LogP contribution in [0.25, 0.3) is 0 Å². The van der Waals surface area contributed by atoms with Crippen molar-refractivity contribution in [2.75, 3.05) is 6.61 Å². The molecule has 0 fully saturated rings. The van der Waals surface area contributed by atoms with E-state index in [2.05, 4.69) is 33.9 Å². The van der Waals surface area contributed by atoms with Crippen molar-refractivity contribution >= 4 is 19.9 Å². The molecule has 2 N–H and O–H groups in total. The van der Waals surface area contributed by atoms with Crippen LogP contribution in [0.3, 0.4) is 0 Å². The van der Waals surface area contributed by atoms with Crippen molar-refractivity contribution in [3.8, 4) is 6.07 Å². The molecule has 1 atom stereocenters. The zero-order valence-electron chi connectivity index (χ0n) is 12.8. The lowest BCUT2D eigenvalue weighted by Crippen LogP contribution is -2.42. The molecule has 0 saturated heterocycles. The average Bonchev–Trinajstić information content (AvgIpc) is 2.34. The Morgan fingerprint density at radius 2 is 2.00 bits per heavy atom. The summed E-state index contributed by atoms with van der Waals surface area (Å²) < 4.78 is 6.11. The van der Waals surface area contributed by atoms with Gasteiger partial charge in [0.25, 0.3) is 0 Å². The van der Waals surface area contributed by atoms with Crippen molar-refractivity contribution in [2.45, 2.75) is 44.9 Å². The van der Waals surface area contributed by atoms with Crippen LogP contribution in [0.4, 0.5) is 0 Å². The van der Waals surface area contributed by atoms with Crippen molar-refractivity contribution in [1.29, 1.82) is 5.26 Å². The molecular formula is C15H23ClN2OSi. The van der Waals surface area contributed by atoms with Gasteiger partial charge in [0.15, 0.2) is 8.32 Å². The Bertz CT molecular complexity index is 518. The van der Waals surface area contributed by atoms with Crippen molar-refractivity contribution in [2.24, 2.45) is 5.73 Å². The Hall–Kier alpha value is -0.863. The number of hydrogen-bond acceptors (Lipinski definition) is 3. The lowest BCUT2D eigenvalue weighted by Gasteiger charge is -2.37. The third kappa shape index (κ3) is 4.06. The first-order valence-corrected chi connectivity index (χ1v) is 9.96. The SMILES string of the molecule is CC(C)(C)[Si](C)(C)OCC(N)c1ccc(C#N)c(Cl)c1. The van der Waals surface area contributed by atoms with Crippen LogP contribution in [0.1, 0.15) is 37.9 Å². The molecule has 5 heteroatoms. The van der Waals surface area contributed by atoms with E-state index >= 15 is 0 Å². The molecule has 0 aliphatic rings. The van der Waals surface area contributed by atoms with Crippen molar-refractivity contribution < 1.29 is 4.43 Å². The molecule has 0 amide bonds. The van der Waals surface area contributed by atoms with Crippen LogP contribution < -0.4 is 5.73 Å². The predicted octanol–water partition coefficient (Wildman–Crippen LogP) is 4.23. The molecule has 1 aromatic carbocycles. The maximum atomic E-state index is 8.86. The molecule has 0 aliphatic carbocycles. The Balaban J connectivity index is 2.76. The summed E-state index contributed by atoms with van der Waals surface area (Å²) in [6, 6.07) is 7.10. The van der Waals surface area contributed by atoms with Gasteiger partial charge < -0.3 is 10.2 Å². The second kappa shape index (κ2) is 6.27. The molecule has 0 aliphatic heterocycles. The van der Waals surface area contributed by atoms with E-state index in [-0.39, 0.29) is 11.1 Å². The van der Waals surface area contributed by atoms with Crippen LogP contribution >= 0.6 is 11.6 Å². The highest BCUT2D eigenvalue weighted by molar-refractivity contribution is 6.74. The summed E-state index contributed by atoms with van der Waals surface area (Å²) in [7, 11) is -1.80. The van der Waals surface area contributed by atoms with Gasteiger partial charge in [-0.2, -0.15) is 5.26 Å². The third-order valence-electron chi connectivity index (χ3n) is 3.97. The Labute approximate surface area is 127 Å². The fourth-order valence-corrected chi connectivity index (χ4v) is 2.72. The Morgan fingerprint density at radius 1 is 1.40 bits per heavy atom. The second-order valence-corrected chi connectivity index (χ2v) is 11.7. The van der Waals surface area contributed by atoms with Gasteiger partial charge in [-0.3, -0.25) is 0 Å². The van der Waals surface area contributed by atoms with Crippen LogP contribution in [0.2, 0.25) is 23.2 Å². The fraction of sp³-hybridized carbons (Fsp3) is 0.533. The number of rotatable bonds is 4. The third-order valence-corrected chi connectivity index (χ3v) is 8.79. The maximum Gasteiger partial charge on any atom is 0.192 e. The molecule has 0 radical (unpaired) electrons. The minimum atomic E-state index is -1.80. The zero-order chi connectivity index (χ0) is 15.6. The topological polar surface area (TPSA) is 59.0 Å². The Morgan fingerprint density at radius 3 is 2.45 bits per heavy atom. The van der Waals surface area contributed by atoms with E-state index in [1.165, 1.54) is 0 Å². The number of nitrogens with zero attached hydrogens (tertiary/aromatic N) is 1. The number of nitriles is 1. The van der Waals surface area contributed by atoms with E-state index in [9.17, 15) is 0 Å². The molecule has 20 heavy (non-hydrogen) atoms. The minimum absolute atomic E-state index is 0.162. The van der Waals surface area contributed by atoms with E-state index in [1.807, 2.05) is 12.1 Å². The van der Waals surface area contributed by atoms with E-state index in [0.29, 0.717) is 17.2 Å². The van der Waals surface area contributed by atoms with Gasteiger partial charge in [0.1, 0.15) is 6.07 Å². The van der Waals surface area contributed by atoms with Crippen LogP contribution in [-0.2, 0) is 4.43 Å². The molecule has 0 saturated carbocycles. The van der Waals surface area contributed by atoms with E-state index < -0.39 is 8.32 Å². The maximum absolute atomic E-state index is 8.86. The van der Waals surface area contributed by atoms with E-state index in [4.69, 9.17) is 27.0 Å². The zero-order valence-corrected chi connectivity index (χ0v) is 14.6. The molecule has 0 bridgehead atoms. The summed E-state index contributed by atoms with van der Waals surface area (Å²) >= 11 is 6.03. The first-order chi connectivity index (χ1) is 9.08. The summed E-state index contributed by atoms with van der Waals surface area (Å²) in [6.07, 6.45) is 0. The van der Waals surface area contributed by atoms with Gasteiger partial charge in [-0.05, 0) is 35.8 Å². The summed E-state index contributed by atoms with van der Waals surface area (Å²) in [4.78, 5) is 0. The molecule has 1 rings (SSSR count). The van der Waals surface area contributed by atoms with Gasteiger partial charge in [0.2, 0.25) is 0 Å². The molecule has 1 aromatic rings. The summed E-state index contributed by atoms with van der Waals surface area (Å²) in [5, 5.41) is 9.46. The molecule has 0 aromatic heterocycles. The second-order valence-electron chi connectivity index (χ2n) is 6.53. The summed E-state index contributed by atoms with van der Waals surface area (Å²) in [6.45, 7) is 11.5. The molecule has 110 valence electrons. The van der Waals surface area contributed by atoms with Gasteiger partial charge in [-0.25, -0.2) is 0 Å². The lowest BCUT2D eigenvalue weighted by molar-refractivity contribution is 0.264. The summed E-state index contributed by atoms with van der Waals surface area (Å²) in [5.74, 6) is 0.